The zero-order valence-electron chi connectivity index (χ0n) is 17.8. The van der Waals surface area contributed by atoms with E-state index in [1.807, 2.05) is 24.3 Å². The van der Waals surface area contributed by atoms with Gasteiger partial charge in [0, 0.05) is 5.02 Å². The zero-order valence-corrected chi connectivity index (χ0v) is 14.5. The van der Waals surface area contributed by atoms with Crippen molar-refractivity contribution < 1.29 is 5.48 Å². The van der Waals surface area contributed by atoms with Gasteiger partial charge in [0.15, 0.2) is 0 Å². The standard InChI is InChI=1S/C22H27Cl/c1-2-17-3-5-18(6-4-17)7-8-19-9-11-20(12-10-19)21-13-15-22(23)16-14-21/h9-18H,2-8H2,1H3/i13D,14D,15D,16D. The summed E-state index contributed by atoms with van der Waals surface area (Å²) in [4.78, 5) is 0. The van der Waals surface area contributed by atoms with Gasteiger partial charge in [-0.15, -0.1) is 0 Å². The summed E-state index contributed by atoms with van der Waals surface area (Å²) in [5.74, 6) is 1.77. The molecule has 0 heterocycles. The Hall–Kier alpha value is -1.27. The Labute approximate surface area is 151 Å². The minimum absolute atomic E-state index is 0.0820. The van der Waals surface area contributed by atoms with Crippen LogP contribution in [0.15, 0.2) is 48.4 Å². The zero-order chi connectivity index (χ0) is 19.6. The van der Waals surface area contributed by atoms with Gasteiger partial charge in [-0.3, -0.25) is 0 Å². The molecule has 0 N–H and O–H groups in total. The normalized spacial score (nSPS) is 23.7. The van der Waals surface area contributed by atoms with Crippen molar-refractivity contribution in [3.05, 3.63) is 59.0 Å². The van der Waals surface area contributed by atoms with E-state index in [9.17, 15) is 0 Å². The van der Waals surface area contributed by atoms with Gasteiger partial charge in [0.25, 0.3) is 0 Å². The predicted octanol–water partition coefficient (Wildman–Crippen LogP) is 7.16. The Bertz CT molecular complexity index is 764. The minimum atomic E-state index is -0.181. The Morgan fingerprint density at radius 2 is 1.52 bits per heavy atom. The highest BCUT2D eigenvalue weighted by Gasteiger charge is 2.19. The van der Waals surface area contributed by atoms with Crippen molar-refractivity contribution in [3.8, 4) is 11.1 Å². The average Bonchev–Trinajstić information content (AvgIpc) is 2.70. The van der Waals surface area contributed by atoms with Gasteiger partial charge >= 0.3 is 0 Å². The largest absolute Gasteiger partial charge is 0.0843 e. The lowest BCUT2D eigenvalue weighted by atomic mass is 9.78. The van der Waals surface area contributed by atoms with Crippen molar-refractivity contribution in [2.24, 2.45) is 11.8 Å². The molecule has 0 radical (unpaired) electrons. The van der Waals surface area contributed by atoms with Crippen molar-refractivity contribution in [1.29, 1.82) is 0 Å². The molecular weight excluding hydrogens is 300 g/mol. The summed E-state index contributed by atoms with van der Waals surface area (Å²) >= 11 is 5.89. The minimum Gasteiger partial charge on any atom is -0.0843 e. The second kappa shape index (κ2) is 8.02. The first kappa shape index (κ1) is 12.1. The SMILES string of the molecule is [2H]c1c([2H])c(-c2ccc(CCC3CCC(CC)CC3)cc2)c([2H])c([2H])c1Cl. The lowest BCUT2D eigenvalue weighted by molar-refractivity contribution is 0.259. The molecule has 23 heavy (non-hydrogen) atoms. The van der Waals surface area contributed by atoms with E-state index in [1.54, 1.807) is 0 Å². The van der Waals surface area contributed by atoms with Crippen LogP contribution in [0.25, 0.3) is 11.1 Å². The van der Waals surface area contributed by atoms with Crippen LogP contribution in [-0.2, 0) is 6.42 Å². The first-order valence-electron chi connectivity index (χ1n) is 10.8. The van der Waals surface area contributed by atoms with Crippen LogP contribution >= 0.6 is 11.6 Å². The van der Waals surface area contributed by atoms with E-state index < -0.39 is 0 Å². The molecule has 1 aliphatic rings. The molecule has 0 saturated heterocycles. The van der Waals surface area contributed by atoms with Gasteiger partial charge in [-0.05, 0) is 53.5 Å². The van der Waals surface area contributed by atoms with E-state index in [2.05, 4.69) is 6.92 Å². The van der Waals surface area contributed by atoms with Crippen molar-refractivity contribution in [2.75, 3.05) is 0 Å². The number of hydrogen-bond donors (Lipinski definition) is 0. The molecule has 0 unspecified atom stereocenters. The molecule has 1 saturated carbocycles. The summed E-state index contributed by atoms with van der Waals surface area (Å²) in [6.45, 7) is 2.30. The number of hydrogen-bond acceptors (Lipinski definition) is 0. The molecule has 0 atom stereocenters. The molecule has 1 heteroatoms. The van der Waals surface area contributed by atoms with E-state index in [4.69, 9.17) is 17.1 Å². The summed E-state index contributed by atoms with van der Waals surface area (Å²) in [7, 11) is 0. The fourth-order valence-electron chi connectivity index (χ4n) is 3.58. The molecule has 0 bridgehead atoms. The van der Waals surface area contributed by atoms with E-state index in [1.165, 1.54) is 44.1 Å². The molecule has 0 amide bonds. The van der Waals surface area contributed by atoms with Crippen LogP contribution in [-0.4, -0.2) is 0 Å². The highest BCUT2D eigenvalue weighted by atomic mass is 35.5. The van der Waals surface area contributed by atoms with E-state index in [0.717, 1.165) is 18.3 Å². The Morgan fingerprint density at radius 1 is 0.913 bits per heavy atom. The molecule has 122 valence electrons. The average molecular weight is 331 g/mol. The number of halogens is 1. The van der Waals surface area contributed by atoms with Crippen LogP contribution in [0.4, 0.5) is 0 Å². The van der Waals surface area contributed by atoms with E-state index >= 15 is 0 Å². The Morgan fingerprint density at radius 3 is 2.13 bits per heavy atom. The third kappa shape index (κ3) is 4.61. The summed E-state index contributed by atoms with van der Waals surface area (Å²) in [5.41, 5.74) is 2.29. The molecule has 0 aliphatic heterocycles. The van der Waals surface area contributed by atoms with Crippen LogP contribution in [0.5, 0.6) is 0 Å². The molecule has 1 fully saturated rings. The maximum absolute atomic E-state index is 8.14. The molecule has 2 aromatic rings. The smallest absolute Gasteiger partial charge is 0.0639 e. The third-order valence-corrected chi connectivity index (χ3v) is 5.41. The molecule has 0 aromatic heterocycles. The summed E-state index contributed by atoms with van der Waals surface area (Å²) < 4.78 is 32.1. The fraction of sp³-hybridized carbons (Fsp3) is 0.455. The highest BCUT2D eigenvalue weighted by molar-refractivity contribution is 6.30. The second-order valence-electron chi connectivity index (χ2n) is 6.72. The van der Waals surface area contributed by atoms with Crippen molar-refractivity contribution in [2.45, 2.75) is 51.9 Å². The quantitative estimate of drug-likeness (QED) is 0.545. The van der Waals surface area contributed by atoms with E-state index in [-0.39, 0.29) is 29.2 Å². The second-order valence-corrected chi connectivity index (χ2v) is 7.10. The van der Waals surface area contributed by atoms with Gasteiger partial charge in [0.1, 0.15) is 0 Å². The predicted molar refractivity (Wildman–Crippen MR) is 101 cm³/mol. The number of benzene rings is 2. The van der Waals surface area contributed by atoms with Crippen molar-refractivity contribution in [1.82, 2.24) is 0 Å². The molecule has 0 spiro atoms. The van der Waals surface area contributed by atoms with Crippen LogP contribution < -0.4 is 0 Å². The Kier molecular flexibility index (Phi) is 4.23. The first-order chi connectivity index (χ1) is 12.9. The maximum atomic E-state index is 8.14. The molecular formula is C22H27Cl. The fourth-order valence-corrected chi connectivity index (χ4v) is 3.67. The van der Waals surface area contributed by atoms with Crippen molar-refractivity contribution >= 4 is 11.6 Å². The topological polar surface area (TPSA) is 0 Å². The van der Waals surface area contributed by atoms with Gasteiger partial charge in [0.2, 0.25) is 0 Å². The lowest BCUT2D eigenvalue weighted by Crippen LogP contribution is -2.14. The lowest BCUT2D eigenvalue weighted by Gasteiger charge is -2.27. The van der Waals surface area contributed by atoms with Gasteiger partial charge < -0.3 is 0 Å². The summed E-state index contributed by atoms with van der Waals surface area (Å²) in [5, 5.41) is -0.122. The van der Waals surface area contributed by atoms with Crippen LogP contribution in [0.3, 0.4) is 0 Å². The maximum Gasteiger partial charge on any atom is 0.0639 e. The van der Waals surface area contributed by atoms with Gasteiger partial charge in [-0.25, -0.2) is 0 Å². The summed E-state index contributed by atoms with van der Waals surface area (Å²) in [6, 6.07) is 7.38. The third-order valence-electron chi connectivity index (χ3n) is 5.22. The first-order valence-corrected chi connectivity index (χ1v) is 9.15. The van der Waals surface area contributed by atoms with Gasteiger partial charge in [0.05, 0.1) is 5.48 Å². The summed E-state index contributed by atoms with van der Waals surface area (Å²) in [6.07, 6.45) is 9.04. The Balaban J connectivity index is 1.70. The molecule has 1 aliphatic carbocycles. The highest BCUT2D eigenvalue weighted by Crippen LogP contribution is 2.33. The number of rotatable bonds is 5. The van der Waals surface area contributed by atoms with Crippen LogP contribution in [0.2, 0.25) is 5.02 Å². The van der Waals surface area contributed by atoms with Crippen LogP contribution in [0, 0.1) is 11.8 Å². The monoisotopic (exact) mass is 330 g/mol. The molecule has 3 rings (SSSR count). The van der Waals surface area contributed by atoms with E-state index in [0.29, 0.717) is 11.1 Å². The molecule has 2 aromatic carbocycles. The van der Waals surface area contributed by atoms with Crippen molar-refractivity contribution in [3.63, 3.8) is 0 Å². The number of aryl methyl sites for hydroxylation is 1. The van der Waals surface area contributed by atoms with Crippen LogP contribution in [0.1, 0.15) is 56.5 Å². The van der Waals surface area contributed by atoms with Gasteiger partial charge in [-0.2, -0.15) is 0 Å². The van der Waals surface area contributed by atoms with Gasteiger partial charge in [-0.1, -0.05) is 87.0 Å². The molecule has 0 nitrogen and oxygen atoms in total.